The molecule has 0 radical (unpaired) electrons. The number of benzene rings is 1. The van der Waals surface area contributed by atoms with Gasteiger partial charge >= 0.3 is 12.1 Å². The molecule has 1 aromatic heterocycles. The summed E-state index contributed by atoms with van der Waals surface area (Å²) >= 11 is 0. The number of nitrogens with zero attached hydrogens (tertiary/aromatic N) is 2. The highest BCUT2D eigenvalue weighted by Crippen LogP contribution is 2.52. The summed E-state index contributed by atoms with van der Waals surface area (Å²) in [7, 11) is 0. The van der Waals surface area contributed by atoms with Gasteiger partial charge in [-0.1, -0.05) is 56.3 Å². The Morgan fingerprint density at radius 3 is 2.49 bits per heavy atom. The molecule has 1 saturated heterocycles. The molecule has 1 aliphatic heterocycles. The number of carbonyl (C=O) groups is 3. The second-order valence-electron chi connectivity index (χ2n) is 12.9. The Labute approximate surface area is 230 Å². The molecular formula is C31H40N2O6. The molecule has 2 saturated carbocycles. The molecule has 2 atom stereocenters. The zero-order valence-corrected chi connectivity index (χ0v) is 23.2. The topological polar surface area (TPSA) is 110 Å². The molecule has 0 bridgehead atoms. The Morgan fingerprint density at radius 1 is 1.13 bits per heavy atom. The van der Waals surface area contributed by atoms with Gasteiger partial charge in [-0.05, 0) is 67.8 Å². The number of cyclic esters (lactones) is 1. The van der Waals surface area contributed by atoms with Crippen LogP contribution in [0.3, 0.4) is 0 Å². The lowest BCUT2D eigenvalue weighted by Crippen LogP contribution is -2.44. The number of hydrogen-bond donors (Lipinski definition) is 1. The zero-order valence-electron chi connectivity index (χ0n) is 23.2. The van der Waals surface area contributed by atoms with E-state index in [1.54, 1.807) is 0 Å². The fourth-order valence-corrected chi connectivity index (χ4v) is 6.39. The minimum absolute atomic E-state index is 0.124. The summed E-state index contributed by atoms with van der Waals surface area (Å²) in [6.07, 6.45) is 5.57. The van der Waals surface area contributed by atoms with Gasteiger partial charge < -0.3 is 14.4 Å². The first kappa shape index (κ1) is 27.4. The Kier molecular flexibility index (Phi) is 7.83. The third-order valence-corrected chi connectivity index (χ3v) is 8.33. The lowest BCUT2D eigenvalue weighted by Gasteiger charge is -2.38. The van der Waals surface area contributed by atoms with Crippen molar-refractivity contribution in [3.8, 4) is 0 Å². The highest BCUT2D eigenvalue weighted by molar-refractivity contribution is 5.95. The normalized spacial score (nSPS) is 23.8. The Balaban J connectivity index is 1.34. The van der Waals surface area contributed by atoms with E-state index >= 15 is 0 Å². The number of carboxylic acids is 1. The van der Waals surface area contributed by atoms with Crippen molar-refractivity contribution in [2.75, 3.05) is 6.61 Å². The number of rotatable bonds is 11. The van der Waals surface area contributed by atoms with Crippen LogP contribution >= 0.6 is 0 Å². The molecule has 2 amide bonds. The number of ether oxygens (including phenoxy) is 1. The van der Waals surface area contributed by atoms with Crippen LogP contribution in [0.1, 0.15) is 100 Å². The highest BCUT2D eigenvalue weighted by atomic mass is 16.6. The number of aliphatic carboxylic acids is 1. The van der Waals surface area contributed by atoms with E-state index in [1.807, 2.05) is 30.3 Å². The number of hydrogen-bond acceptors (Lipinski definition) is 6. The molecule has 3 fully saturated rings. The van der Waals surface area contributed by atoms with Crippen LogP contribution in [0.25, 0.3) is 0 Å². The van der Waals surface area contributed by atoms with E-state index < -0.39 is 24.0 Å². The van der Waals surface area contributed by atoms with Gasteiger partial charge in [-0.25, -0.2) is 9.69 Å². The Morgan fingerprint density at radius 2 is 1.85 bits per heavy atom. The van der Waals surface area contributed by atoms with Crippen molar-refractivity contribution in [3.05, 3.63) is 52.9 Å². The summed E-state index contributed by atoms with van der Waals surface area (Å²) in [6, 6.07) is 9.25. The van der Waals surface area contributed by atoms with Gasteiger partial charge in [0.05, 0.1) is 11.7 Å². The molecule has 8 heteroatoms. The fraction of sp³-hybridized carbons (Fsp3) is 0.613. The average molecular weight is 537 g/mol. The molecule has 1 aromatic carbocycles. The van der Waals surface area contributed by atoms with Gasteiger partial charge in [0.2, 0.25) is 5.91 Å². The number of carboxylic acid groups (broad SMARTS) is 1. The standard InChI is InChI=1S/C31H40N2O6/c1-31(2,3)17-20-13-23(14-20)28-27(21-9-10-21)25(32-39-28)16-22(11-12-26(34)35)29(36)33-24(18-38-30(33)37)15-19-7-5-4-6-8-19/h4-8,20-24H,9-18H2,1-3H3,(H,34,35)/t20?,22-,23?,24-/m0/s1. The van der Waals surface area contributed by atoms with E-state index in [0.717, 1.165) is 48.3 Å². The minimum Gasteiger partial charge on any atom is -0.481 e. The van der Waals surface area contributed by atoms with Crippen molar-refractivity contribution in [2.24, 2.45) is 17.3 Å². The van der Waals surface area contributed by atoms with E-state index in [9.17, 15) is 19.5 Å². The maximum Gasteiger partial charge on any atom is 0.416 e. The molecule has 5 rings (SSSR count). The summed E-state index contributed by atoms with van der Waals surface area (Å²) in [5.74, 6) is 0.329. The quantitative estimate of drug-likeness (QED) is 0.370. The lowest BCUT2D eigenvalue weighted by molar-refractivity contribution is -0.138. The Bertz CT molecular complexity index is 1190. The monoisotopic (exact) mass is 536 g/mol. The van der Waals surface area contributed by atoms with Gasteiger partial charge in [0.1, 0.15) is 12.4 Å². The van der Waals surface area contributed by atoms with Crippen LogP contribution in [-0.4, -0.2) is 45.8 Å². The predicted molar refractivity (Wildman–Crippen MR) is 144 cm³/mol. The maximum atomic E-state index is 13.8. The van der Waals surface area contributed by atoms with Gasteiger partial charge in [-0.3, -0.25) is 9.59 Å². The van der Waals surface area contributed by atoms with E-state index in [0.29, 0.717) is 29.6 Å². The molecule has 0 spiro atoms. The van der Waals surface area contributed by atoms with Crippen LogP contribution in [0.2, 0.25) is 0 Å². The zero-order chi connectivity index (χ0) is 27.7. The summed E-state index contributed by atoms with van der Waals surface area (Å²) in [6.45, 7) is 6.95. The summed E-state index contributed by atoms with van der Waals surface area (Å²) in [5, 5.41) is 13.9. The maximum absolute atomic E-state index is 13.8. The van der Waals surface area contributed by atoms with Gasteiger partial charge in [-0.2, -0.15) is 0 Å². The van der Waals surface area contributed by atoms with Gasteiger partial charge in [0, 0.05) is 30.2 Å². The number of imide groups is 1. The molecule has 8 nitrogen and oxygen atoms in total. The van der Waals surface area contributed by atoms with Crippen molar-refractivity contribution in [3.63, 3.8) is 0 Å². The third kappa shape index (κ3) is 6.53. The summed E-state index contributed by atoms with van der Waals surface area (Å²) < 4.78 is 11.2. The lowest BCUT2D eigenvalue weighted by atomic mass is 9.67. The molecule has 39 heavy (non-hydrogen) atoms. The first-order valence-electron chi connectivity index (χ1n) is 14.3. The van der Waals surface area contributed by atoms with Gasteiger partial charge in [-0.15, -0.1) is 0 Å². The van der Waals surface area contributed by atoms with Gasteiger partial charge in [0.25, 0.3) is 0 Å². The fourth-order valence-electron chi connectivity index (χ4n) is 6.39. The number of carbonyl (C=O) groups excluding carboxylic acids is 2. The third-order valence-electron chi connectivity index (χ3n) is 8.33. The van der Waals surface area contributed by atoms with Crippen LogP contribution < -0.4 is 0 Å². The molecule has 2 heterocycles. The molecule has 210 valence electrons. The molecule has 2 aromatic rings. The second kappa shape index (κ2) is 11.1. The average Bonchev–Trinajstić information content (AvgIpc) is 3.51. The van der Waals surface area contributed by atoms with Crippen LogP contribution in [0.15, 0.2) is 34.9 Å². The van der Waals surface area contributed by atoms with Crippen molar-refractivity contribution in [2.45, 2.75) is 96.4 Å². The van der Waals surface area contributed by atoms with Crippen molar-refractivity contribution in [1.82, 2.24) is 10.1 Å². The molecule has 2 aliphatic carbocycles. The van der Waals surface area contributed by atoms with Crippen LogP contribution in [-0.2, 0) is 27.2 Å². The van der Waals surface area contributed by atoms with Crippen LogP contribution in [0, 0.1) is 17.3 Å². The van der Waals surface area contributed by atoms with Crippen molar-refractivity contribution >= 4 is 18.0 Å². The van der Waals surface area contributed by atoms with Crippen LogP contribution in [0.4, 0.5) is 4.79 Å². The molecule has 1 N–H and O–H groups in total. The Hall–Kier alpha value is -3.16. The van der Waals surface area contributed by atoms with Crippen LogP contribution in [0.5, 0.6) is 0 Å². The molecule has 0 unspecified atom stereocenters. The van der Waals surface area contributed by atoms with Gasteiger partial charge in [0.15, 0.2) is 0 Å². The summed E-state index contributed by atoms with van der Waals surface area (Å²) in [4.78, 5) is 39.2. The molecule has 3 aliphatic rings. The first-order chi connectivity index (χ1) is 18.6. The van der Waals surface area contributed by atoms with Crippen molar-refractivity contribution in [1.29, 1.82) is 0 Å². The highest BCUT2D eigenvalue weighted by Gasteiger charge is 2.44. The number of aromatic nitrogens is 1. The van der Waals surface area contributed by atoms with Crippen molar-refractivity contribution < 1.29 is 28.8 Å². The molecular weight excluding hydrogens is 496 g/mol. The summed E-state index contributed by atoms with van der Waals surface area (Å²) in [5.41, 5.74) is 3.19. The smallest absolute Gasteiger partial charge is 0.416 e. The number of amides is 2. The largest absolute Gasteiger partial charge is 0.481 e. The van der Waals surface area contributed by atoms with E-state index in [2.05, 4.69) is 25.9 Å². The van der Waals surface area contributed by atoms with E-state index in [1.165, 1.54) is 11.3 Å². The van der Waals surface area contributed by atoms with E-state index in [4.69, 9.17) is 9.26 Å². The minimum atomic E-state index is -0.972. The SMILES string of the molecule is CC(C)(C)CC1CC(c2onc(C[C@H](CCC(=O)O)C(=O)N3C(=O)OC[C@@H]3Cc3ccccc3)c2C2CC2)C1. The first-order valence-corrected chi connectivity index (χ1v) is 14.3. The van der Waals surface area contributed by atoms with E-state index in [-0.39, 0.29) is 31.8 Å². The predicted octanol–water partition coefficient (Wildman–Crippen LogP) is 6.10. The second-order valence-corrected chi connectivity index (χ2v) is 12.9.